The summed E-state index contributed by atoms with van der Waals surface area (Å²) in [6.45, 7) is 0.702. The van der Waals surface area contributed by atoms with E-state index in [1.54, 1.807) is 0 Å². The molecular formula is C27H32N6O7. The maximum atomic E-state index is 13.8. The van der Waals surface area contributed by atoms with Gasteiger partial charge in [0, 0.05) is 12.7 Å². The van der Waals surface area contributed by atoms with Crippen LogP contribution in [0.15, 0.2) is 42.6 Å². The number of benzene rings is 1. The predicted octanol–water partition coefficient (Wildman–Crippen LogP) is 0.107. The molecule has 3 aliphatic heterocycles. The van der Waals surface area contributed by atoms with Crippen LogP contribution in [0.2, 0.25) is 0 Å². The van der Waals surface area contributed by atoms with Gasteiger partial charge in [-0.25, -0.2) is 9.97 Å². The molecule has 1 aromatic carbocycles. The van der Waals surface area contributed by atoms with E-state index in [1.807, 2.05) is 30.3 Å². The van der Waals surface area contributed by atoms with Gasteiger partial charge in [-0.15, -0.1) is 0 Å². The minimum absolute atomic E-state index is 0.0469. The summed E-state index contributed by atoms with van der Waals surface area (Å²) in [5, 5.41) is 18.4. The number of anilines is 1. The summed E-state index contributed by atoms with van der Waals surface area (Å²) in [4.78, 5) is 61.6. The average molecular weight is 553 g/mol. The number of nitrogens with one attached hydrogen (secondary N) is 3. The van der Waals surface area contributed by atoms with Crippen LogP contribution in [-0.4, -0.2) is 87.3 Å². The van der Waals surface area contributed by atoms with Gasteiger partial charge in [0.2, 0.25) is 24.1 Å². The second-order valence-electron chi connectivity index (χ2n) is 10.1. The van der Waals surface area contributed by atoms with Crippen LogP contribution in [0.1, 0.15) is 48.2 Å². The summed E-state index contributed by atoms with van der Waals surface area (Å²) < 4.78 is 10.4. The molecular weight excluding hydrogens is 520 g/mol. The first-order valence-electron chi connectivity index (χ1n) is 13.4. The molecule has 1 aromatic heterocycles. The van der Waals surface area contributed by atoms with Gasteiger partial charge in [0.05, 0.1) is 25.7 Å². The van der Waals surface area contributed by atoms with Crippen LogP contribution in [0.25, 0.3) is 0 Å². The first-order chi connectivity index (χ1) is 19.4. The SMILES string of the molecule is O=C1CC(NC(=O)C2COCC3CCCCC(NC(=O)c4ccnc(NCc5ccccc5)n4)C(=O)N32)C(O)O1. The average Bonchev–Trinajstić information content (AvgIpc) is 3.28. The zero-order valence-electron chi connectivity index (χ0n) is 21.8. The molecule has 13 heteroatoms. The third kappa shape index (κ3) is 6.37. The monoisotopic (exact) mass is 552 g/mol. The van der Waals surface area contributed by atoms with Crippen molar-refractivity contribution >= 4 is 29.6 Å². The van der Waals surface area contributed by atoms with E-state index in [2.05, 4.69) is 25.9 Å². The highest BCUT2D eigenvalue weighted by Gasteiger charge is 2.44. The molecule has 212 valence electrons. The van der Waals surface area contributed by atoms with Gasteiger partial charge in [-0.2, -0.15) is 0 Å². The summed E-state index contributed by atoms with van der Waals surface area (Å²) in [7, 11) is 0. The van der Waals surface area contributed by atoms with E-state index in [9.17, 15) is 24.3 Å². The van der Waals surface area contributed by atoms with Crippen LogP contribution in [0.5, 0.6) is 0 Å². The number of morpholine rings is 1. The quantitative estimate of drug-likeness (QED) is 0.345. The number of cyclic esters (lactones) is 1. The van der Waals surface area contributed by atoms with E-state index in [1.165, 1.54) is 17.2 Å². The summed E-state index contributed by atoms with van der Waals surface area (Å²) in [5.41, 5.74) is 1.13. The van der Waals surface area contributed by atoms with Crippen LogP contribution in [0.3, 0.4) is 0 Å². The number of amides is 3. The largest absolute Gasteiger partial charge is 0.434 e. The highest BCUT2D eigenvalue weighted by Crippen LogP contribution is 2.25. The van der Waals surface area contributed by atoms with E-state index in [0.29, 0.717) is 25.8 Å². The molecule has 3 amide bonds. The van der Waals surface area contributed by atoms with Crippen LogP contribution < -0.4 is 16.0 Å². The number of ether oxygens (including phenoxy) is 2. The number of rotatable bonds is 7. The number of carbonyl (C=O) groups excluding carboxylic acids is 4. The lowest BCUT2D eigenvalue weighted by molar-refractivity contribution is -0.160. The van der Waals surface area contributed by atoms with Gasteiger partial charge >= 0.3 is 5.97 Å². The summed E-state index contributed by atoms with van der Waals surface area (Å²) >= 11 is 0. The molecule has 0 spiro atoms. The number of aliphatic hydroxyl groups is 1. The molecule has 4 N–H and O–H groups in total. The lowest BCUT2D eigenvalue weighted by atomic mass is 9.95. The molecule has 0 radical (unpaired) electrons. The van der Waals surface area contributed by atoms with Crippen molar-refractivity contribution in [2.75, 3.05) is 18.5 Å². The smallest absolute Gasteiger partial charge is 0.310 e. The molecule has 5 atom stereocenters. The van der Waals surface area contributed by atoms with Crippen LogP contribution in [0, 0.1) is 0 Å². The highest BCUT2D eigenvalue weighted by atomic mass is 16.6. The Balaban J connectivity index is 1.27. The molecule has 5 unspecified atom stereocenters. The Bertz CT molecular complexity index is 1240. The molecule has 13 nitrogen and oxygen atoms in total. The van der Waals surface area contributed by atoms with E-state index < -0.39 is 48.1 Å². The van der Waals surface area contributed by atoms with Crippen molar-refractivity contribution in [3.8, 4) is 0 Å². The Kier molecular flexibility index (Phi) is 8.51. The number of carbonyl (C=O) groups is 4. The third-order valence-electron chi connectivity index (χ3n) is 7.25. The molecule has 3 fully saturated rings. The molecule has 2 aromatic rings. The number of esters is 1. The minimum atomic E-state index is -1.45. The van der Waals surface area contributed by atoms with Crippen molar-refractivity contribution in [3.63, 3.8) is 0 Å². The summed E-state index contributed by atoms with van der Waals surface area (Å²) in [6.07, 6.45) is 2.38. The van der Waals surface area contributed by atoms with Gasteiger partial charge in [0.1, 0.15) is 23.8 Å². The van der Waals surface area contributed by atoms with Gasteiger partial charge in [-0.1, -0.05) is 43.2 Å². The van der Waals surface area contributed by atoms with Crippen LogP contribution in [-0.2, 0) is 30.4 Å². The van der Waals surface area contributed by atoms with Crippen molar-refractivity contribution in [1.82, 2.24) is 25.5 Å². The van der Waals surface area contributed by atoms with Crippen molar-refractivity contribution in [2.24, 2.45) is 0 Å². The Morgan fingerprint density at radius 2 is 1.85 bits per heavy atom. The minimum Gasteiger partial charge on any atom is -0.434 e. The van der Waals surface area contributed by atoms with Gasteiger partial charge < -0.3 is 35.4 Å². The molecule has 3 aliphatic rings. The Morgan fingerprint density at radius 1 is 1.05 bits per heavy atom. The Labute approximate surface area is 230 Å². The van der Waals surface area contributed by atoms with E-state index in [-0.39, 0.29) is 37.3 Å². The topological polar surface area (TPSA) is 172 Å². The van der Waals surface area contributed by atoms with E-state index >= 15 is 0 Å². The van der Waals surface area contributed by atoms with E-state index in [0.717, 1.165) is 12.0 Å². The maximum absolute atomic E-state index is 13.8. The van der Waals surface area contributed by atoms with Crippen molar-refractivity contribution in [3.05, 3.63) is 53.9 Å². The lowest BCUT2D eigenvalue weighted by Crippen LogP contribution is -2.65. The number of hydrogen-bond acceptors (Lipinski definition) is 10. The van der Waals surface area contributed by atoms with Crippen LogP contribution in [0.4, 0.5) is 5.95 Å². The van der Waals surface area contributed by atoms with Gasteiger partial charge in [0.15, 0.2) is 0 Å². The number of aliphatic hydroxyl groups excluding tert-OH is 1. The highest BCUT2D eigenvalue weighted by molar-refractivity contribution is 5.97. The first-order valence-corrected chi connectivity index (χ1v) is 13.4. The number of nitrogens with zero attached hydrogens (tertiary/aromatic N) is 3. The second kappa shape index (κ2) is 12.4. The third-order valence-corrected chi connectivity index (χ3v) is 7.25. The normalized spacial score (nSPS) is 26.6. The van der Waals surface area contributed by atoms with Crippen molar-refractivity contribution in [2.45, 2.75) is 69.1 Å². The fraction of sp³-hybridized carbons (Fsp3) is 0.481. The van der Waals surface area contributed by atoms with Crippen LogP contribution >= 0.6 is 0 Å². The number of fused-ring (bicyclic) bond motifs is 1. The van der Waals surface area contributed by atoms with Crippen molar-refractivity contribution < 1.29 is 33.8 Å². The Morgan fingerprint density at radius 3 is 2.62 bits per heavy atom. The van der Waals surface area contributed by atoms with Gasteiger partial charge in [-0.3, -0.25) is 19.2 Å². The summed E-state index contributed by atoms with van der Waals surface area (Å²) in [5.74, 6) is -1.82. The zero-order chi connectivity index (χ0) is 28.1. The summed E-state index contributed by atoms with van der Waals surface area (Å²) in [6, 6.07) is 8.04. The first kappa shape index (κ1) is 27.5. The maximum Gasteiger partial charge on any atom is 0.310 e. The molecule has 0 bridgehead atoms. The van der Waals surface area contributed by atoms with Crippen molar-refractivity contribution in [1.29, 1.82) is 0 Å². The fourth-order valence-electron chi connectivity index (χ4n) is 5.18. The molecule has 4 heterocycles. The fourth-order valence-corrected chi connectivity index (χ4v) is 5.18. The number of hydrogen-bond donors (Lipinski definition) is 4. The zero-order valence-corrected chi connectivity index (χ0v) is 21.8. The lowest BCUT2D eigenvalue weighted by Gasteiger charge is -2.44. The standard InChI is InChI=1S/C27H32N6O7/c34-22-12-20(26(38)40-22)31-24(36)21-15-39-14-17-8-4-5-9-19(25(37)33(17)21)30-23(35)18-10-11-28-27(32-18)29-13-16-6-2-1-3-7-16/h1-3,6-7,10-11,17,19-21,26,38H,4-5,8-9,12-15H2,(H,30,35)(H,31,36)(H,28,29,32). The van der Waals surface area contributed by atoms with Gasteiger partial charge in [-0.05, 0) is 24.5 Å². The van der Waals surface area contributed by atoms with E-state index in [4.69, 9.17) is 9.47 Å². The molecule has 0 aliphatic carbocycles. The molecule has 0 saturated carbocycles. The Hall–Kier alpha value is -4.10. The molecule has 3 saturated heterocycles. The number of aromatic nitrogens is 2. The molecule has 40 heavy (non-hydrogen) atoms. The van der Waals surface area contributed by atoms with Gasteiger partial charge in [0.25, 0.3) is 5.91 Å². The predicted molar refractivity (Wildman–Crippen MR) is 139 cm³/mol. The molecule has 5 rings (SSSR count). The second-order valence-corrected chi connectivity index (χ2v) is 10.1.